The number of nitrogens with zero attached hydrogens (tertiary/aromatic N) is 2. The molecular formula is C27H30N4O4. The van der Waals surface area contributed by atoms with E-state index in [0.29, 0.717) is 36.6 Å². The molecule has 0 bridgehead atoms. The Hall–Kier alpha value is -4.07. The standard InChI is InChI=1S/C27H30N4O4/c1-34-22-9-7-19(8-10-22)18-29-26(32)20-12-15-31(16-13-20)25-17-21(11-14-28-25)27(33)30-23-5-3-4-6-24(23)35-2/h3-11,14,17,20H,12-13,15-16,18H2,1-2H3,(H,29,32)(H,30,33). The molecule has 0 saturated carbocycles. The van der Waals surface area contributed by atoms with E-state index >= 15 is 0 Å². The van der Waals surface area contributed by atoms with Gasteiger partial charge in [0.25, 0.3) is 5.91 Å². The topological polar surface area (TPSA) is 92.8 Å². The number of benzene rings is 2. The maximum absolute atomic E-state index is 12.8. The highest BCUT2D eigenvalue weighted by Crippen LogP contribution is 2.25. The van der Waals surface area contributed by atoms with Gasteiger partial charge in [-0.15, -0.1) is 0 Å². The Morgan fingerprint density at radius 1 is 1.00 bits per heavy atom. The Bertz CT molecular complexity index is 1160. The van der Waals surface area contributed by atoms with E-state index in [2.05, 4.69) is 20.5 Å². The number of hydrogen-bond donors (Lipinski definition) is 2. The largest absolute Gasteiger partial charge is 0.497 e. The first-order chi connectivity index (χ1) is 17.1. The molecule has 0 atom stereocenters. The molecule has 35 heavy (non-hydrogen) atoms. The Balaban J connectivity index is 1.30. The van der Waals surface area contributed by atoms with E-state index in [0.717, 1.165) is 30.0 Å². The smallest absolute Gasteiger partial charge is 0.255 e. The van der Waals surface area contributed by atoms with Gasteiger partial charge in [0.2, 0.25) is 5.91 Å². The molecule has 0 aliphatic carbocycles. The molecule has 1 saturated heterocycles. The molecule has 0 unspecified atom stereocenters. The van der Waals surface area contributed by atoms with Crippen molar-refractivity contribution in [3.63, 3.8) is 0 Å². The fourth-order valence-electron chi connectivity index (χ4n) is 4.12. The first-order valence-electron chi connectivity index (χ1n) is 11.6. The van der Waals surface area contributed by atoms with Gasteiger partial charge in [0, 0.05) is 37.3 Å². The van der Waals surface area contributed by atoms with Gasteiger partial charge in [-0.2, -0.15) is 0 Å². The Morgan fingerprint density at radius 2 is 1.74 bits per heavy atom. The molecule has 182 valence electrons. The molecule has 1 fully saturated rings. The number of methoxy groups -OCH3 is 2. The fourth-order valence-corrected chi connectivity index (χ4v) is 4.12. The minimum atomic E-state index is -0.231. The molecule has 2 N–H and O–H groups in total. The van der Waals surface area contributed by atoms with Crippen molar-refractivity contribution in [3.05, 3.63) is 78.0 Å². The van der Waals surface area contributed by atoms with E-state index in [1.807, 2.05) is 36.4 Å². The van der Waals surface area contributed by atoms with Crippen molar-refractivity contribution in [3.8, 4) is 11.5 Å². The lowest BCUT2D eigenvalue weighted by Gasteiger charge is -2.32. The molecule has 8 nitrogen and oxygen atoms in total. The summed E-state index contributed by atoms with van der Waals surface area (Å²) in [5, 5.41) is 5.93. The molecule has 0 spiro atoms. The zero-order chi connectivity index (χ0) is 24.6. The van der Waals surface area contributed by atoms with Crippen LogP contribution in [0.4, 0.5) is 11.5 Å². The van der Waals surface area contributed by atoms with Crippen molar-refractivity contribution in [1.82, 2.24) is 10.3 Å². The van der Waals surface area contributed by atoms with Gasteiger partial charge >= 0.3 is 0 Å². The molecule has 0 radical (unpaired) electrons. The second kappa shape index (κ2) is 11.4. The average Bonchev–Trinajstić information content (AvgIpc) is 2.92. The first-order valence-corrected chi connectivity index (χ1v) is 11.6. The summed E-state index contributed by atoms with van der Waals surface area (Å²) in [7, 11) is 3.20. The highest BCUT2D eigenvalue weighted by atomic mass is 16.5. The van der Waals surface area contributed by atoms with E-state index in [1.165, 1.54) is 0 Å². The number of aromatic nitrogens is 1. The van der Waals surface area contributed by atoms with Gasteiger partial charge in [0.15, 0.2) is 0 Å². The van der Waals surface area contributed by atoms with Gasteiger partial charge in [-0.05, 0) is 54.8 Å². The molecule has 2 amide bonds. The molecular weight excluding hydrogens is 444 g/mol. The van der Waals surface area contributed by atoms with E-state index < -0.39 is 0 Å². The van der Waals surface area contributed by atoms with Crippen LogP contribution < -0.4 is 25.0 Å². The third-order valence-corrected chi connectivity index (χ3v) is 6.18. The van der Waals surface area contributed by atoms with Gasteiger partial charge in [-0.25, -0.2) is 4.98 Å². The fraction of sp³-hybridized carbons (Fsp3) is 0.296. The molecule has 3 aromatic rings. The summed E-state index contributed by atoms with van der Waals surface area (Å²) in [5.74, 6) is 1.92. The Kier molecular flexibility index (Phi) is 7.82. The van der Waals surface area contributed by atoms with E-state index in [4.69, 9.17) is 9.47 Å². The van der Waals surface area contributed by atoms with Gasteiger partial charge in [-0.3, -0.25) is 9.59 Å². The van der Waals surface area contributed by atoms with Crippen LogP contribution in [0, 0.1) is 5.92 Å². The molecule has 1 aromatic heterocycles. The number of piperidine rings is 1. The second-order valence-electron chi connectivity index (χ2n) is 8.38. The maximum atomic E-state index is 12.8. The van der Waals surface area contributed by atoms with E-state index in [9.17, 15) is 9.59 Å². The third kappa shape index (κ3) is 6.09. The molecule has 2 aromatic carbocycles. The Morgan fingerprint density at radius 3 is 2.46 bits per heavy atom. The lowest BCUT2D eigenvalue weighted by atomic mass is 9.95. The predicted octanol–water partition coefficient (Wildman–Crippen LogP) is 3.88. The summed E-state index contributed by atoms with van der Waals surface area (Å²) in [5.41, 5.74) is 2.16. The van der Waals surface area contributed by atoms with Crippen LogP contribution in [0.25, 0.3) is 0 Å². The maximum Gasteiger partial charge on any atom is 0.255 e. The summed E-state index contributed by atoms with van der Waals surface area (Å²) in [4.78, 5) is 32.1. The SMILES string of the molecule is COc1ccc(CNC(=O)C2CCN(c3cc(C(=O)Nc4ccccc4OC)ccn3)CC2)cc1. The number of hydrogen-bond acceptors (Lipinski definition) is 6. The number of nitrogens with one attached hydrogen (secondary N) is 2. The number of amides is 2. The van der Waals surface area contributed by atoms with Crippen LogP contribution in [0.1, 0.15) is 28.8 Å². The number of para-hydroxylation sites is 2. The molecule has 8 heteroatoms. The quantitative estimate of drug-likeness (QED) is 0.515. The summed E-state index contributed by atoms with van der Waals surface area (Å²) < 4.78 is 10.5. The van der Waals surface area contributed by atoms with Crippen LogP contribution in [0.2, 0.25) is 0 Å². The monoisotopic (exact) mass is 474 g/mol. The summed E-state index contributed by atoms with van der Waals surface area (Å²) in [6.45, 7) is 1.89. The lowest BCUT2D eigenvalue weighted by Crippen LogP contribution is -2.40. The van der Waals surface area contributed by atoms with Gasteiger partial charge < -0.3 is 25.0 Å². The van der Waals surface area contributed by atoms with Gasteiger partial charge in [-0.1, -0.05) is 24.3 Å². The number of ether oxygens (including phenoxy) is 2. The summed E-state index contributed by atoms with van der Waals surface area (Å²) >= 11 is 0. The van der Waals surface area contributed by atoms with Crippen LogP contribution in [-0.2, 0) is 11.3 Å². The van der Waals surface area contributed by atoms with Crippen molar-refractivity contribution < 1.29 is 19.1 Å². The molecule has 4 rings (SSSR count). The average molecular weight is 475 g/mol. The van der Waals surface area contributed by atoms with Gasteiger partial charge in [0.1, 0.15) is 17.3 Å². The zero-order valence-electron chi connectivity index (χ0n) is 20.0. The highest BCUT2D eigenvalue weighted by molar-refractivity contribution is 6.05. The highest BCUT2D eigenvalue weighted by Gasteiger charge is 2.26. The summed E-state index contributed by atoms with van der Waals surface area (Å²) in [6.07, 6.45) is 3.10. The van der Waals surface area contributed by atoms with Crippen LogP contribution >= 0.6 is 0 Å². The lowest BCUT2D eigenvalue weighted by molar-refractivity contribution is -0.125. The Labute approximate surface area is 205 Å². The van der Waals surface area contributed by atoms with Crippen molar-refractivity contribution in [2.24, 2.45) is 5.92 Å². The minimum Gasteiger partial charge on any atom is -0.497 e. The normalized spacial score (nSPS) is 13.7. The summed E-state index contributed by atoms with van der Waals surface area (Å²) in [6, 6.07) is 18.4. The number of carbonyl (C=O) groups is 2. The first kappa shape index (κ1) is 24.1. The van der Waals surface area contributed by atoms with Crippen molar-refractivity contribution in [2.75, 3.05) is 37.5 Å². The van der Waals surface area contributed by atoms with E-state index in [1.54, 1.807) is 44.7 Å². The van der Waals surface area contributed by atoms with Gasteiger partial charge in [0.05, 0.1) is 19.9 Å². The zero-order valence-corrected chi connectivity index (χ0v) is 20.0. The van der Waals surface area contributed by atoms with Crippen LogP contribution in [0.3, 0.4) is 0 Å². The predicted molar refractivity (Wildman–Crippen MR) is 135 cm³/mol. The van der Waals surface area contributed by atoms with E-state index in [-0.39, 0.29) is 17.7 Å². The third-order valence-electron chi connectivity index (χ3n) is 6.18. The van der Waals surface area contributed by atoms with Crippen LogP contribution in [0.5, 0.6) is 11.5 Å². The van der Waals surface area contributed by atoms with Crippen LogP contribution in [0.15, 0.2) is 66.9 Å². The van der Waals surface area contributed by atoms with Crippen molar-refractivity contribution in [1.29, 1.82) is 0 Å². The minimum absolute atomic E-state index is 0.0403. The van der Waals surface area contributed by atoms with Crippen LogP contribution in [-0.4, -0.2) is 44.1 Å². The van der Waals surface area contributed by atoms with Crippen molar-refractivity contribution >= 4 is 23.3 Å². The number of pyridine rings is 1. The number of carbonyl (C=O) groups excluding carboxylic acids is 2. The number of rotatable bonds is 8. The molecule has 1 aliphatic rings. The molecule has 2 heterocycles. The molecule has 1 aliphatic heterocycles. The number of anilines is 2. The van der Waals surface area contributed by atoms with Crippen molar-refractivity contribution in [2.45, 2.75) is 19.4 Å². The second-order valence-corrected chi connectivity index (χ2v) is 8.38.